The molecule has 0 bridgehead atoms. The average Bonchev–Trinajstić information content (AvgIpc) is 2.90. The van der Waals surface area contributed by atoms with Gasteiger partial charge in [-0.25, -0.2) is 4.98 Å². The highest BCUT2D eigenvalue weighted by molar-refractivity contribution is 9.10. The Kier molecular flexibility index (Phi) is 3.52. The molecule has 5 heteroatoms. The summed E-state index contributed by atoms with van der Waals surface area (Å²) in [5.74, 6) is 0.877. The topological polar surface area (TPSA) is 56.7 Å². The Morgan fingerprint density at radius 3 is 2.85 bits per heavy atom. The summed E-state index contributed by atoms with van der Waals surface area (Å²) in [6, 6.07) is 9.86. The van der Waals surface area contributed by atoms with Gasteiger partial charge in [-0.15, -0.1) is 0 Å². The van der Waals surface area contributed by atoms with Gasteiger partial charge in [0.05, 0.1) is 6.54 Å². The van der Waals surface area contributed by atoms with Crippen LogP contribution in [0, 0.1) is 0 Å². The van der Waals surface area contributed by atoms with Crippen molar-refractivity contribution in [1.29, 1.82) is 0 Å². The number of para-hydroxylation sites is 1. The Morgan fingerprint density at radius 2 is 2.05 bits per heavy atom. The van der Waals surface area contributed by atoms with Crippen molar-refractivity contribution in [2.45, 2.75) is 6.54 Å². The molecule has 0 spiro atoms. The van der Waals surface area contributed by atoms with Gasteiger partial charge in [0, 0.05) is 40.5 Å². The lowest BCUT2D eigenvalue weighted by Crippen LogP contribution is -2.04. The first-order chi connectivity index (χ1) is 9.74. The van der Waals surface area contributed by atoms with E-state index in [2.05, 4.69) is 30.5 Å². The van der Waals surface area contributed by atoms with Crippen molar-refractivity contribution >= 4 is 21.6 Å². The van der Waals surface area contributed by atoms with E-state index in [0.29, 0.717) is 6.54 Å². The number of anilines is 1. The van der Waals surface area contributed by atoms with Gasteiger partial charge in [-0.05, 0) is 33.6 Å². The van der Waals surface area contributed by atoms with E-state index in [1.165, 1.54) is 0 Å². The van der Waals surface area contributed by atoms with Crippen LogP contribution in [-0.4, -0.2) is 14.5 Å². The average molecular weight is 329 g/mol. The maximum absolute atomic E-state index is 6.00. The van der Waals surface area contributed by atoms with E-state index in [1.807, 2.05) is 36.5 Å². The quantitative estimate of drug-likeness (QED) is 0.750. The minimum atomic E-state index is 0.689. The second-order valence-electron chi connectivity index (χ2n) is 4.47. The number of halogens is 1. The highest BCUT2D eigenvalue weighted by Crippen LogP contribution is 2.22. The molecule has 0 radical (unpaired) electrons. The van der Waals surface area contributed by atoms with Gasteiger partial charge in [-0.1, -0.05) is 18.2 Å². The number of imidazole rings is 1. The van der Waals surface area contributed by atoms with Crippen molar-refractivity contribution in [3.63, 3.8) is 0 Å². The molecule has 20 heavy (non-hydrogen) atoms. The molecule has 1 aromatic carbocycles. The van der Waals surface area contributed by atoms with Gasteiger partial charge in [0.2, 0.25) is 0 Å². The Bertz CT molecular complexity index is 736. The van der Waals surface area contributed by atoms with E-state index >= 15 is 0 Å². The molecule has 0 fully saturated rings. The smallest absolute Gasteiger partial charge is 0.141 e. The normalized spacial score (nSPS) is 10.7. The Morgan fingerprint density at radius 1 is 1.20 bits per heavy atom. The number of rotatable bonds is 3. The number of benzene rings is 1. The van der Waals surface area contributed by atoms with Crippen molar-refractivity contribution in [3.05, 3.63) is 65.2 Å². The summed E-state index contributed by atoms with van der Waals surface area (Å²) in [4.78, 5) is 8.60. The Balaban J connectivity index is 1.97. The van der Waals surface area contributed by atoms with Crippen LogP contribution in [0.2, 0.25) is 0 Å². The van der Waals surface area contributed by atoms with Gasteiger partial charge < -0.3 is 10.3 Å². The lowest BCUT2D eigenvalue weighted by Gasteiger charge is -2.10. The van der Waals surface area contributed by atoms with Crippen molar-refractivity contribution in [2.24, 2.45) is 0 Å². The Labute approximate surface area is 125 Å². The maximum Gasteiger partial charge on any atom is 0.141 e. The number of hydrogen-bond donors (Lipinski definition) is 1. The highest BCUT2D eigenvalue weighted by Gasteiger charge is 2.08. The van der Waals surface area contributed by atoms with Crippen LogP contribution in [0.15, 0.2) is 59.6 Å². The number of nitrogens with zero attached hydrogens (tertiary/aromatic N) is 3. The second-order valence-corrected chi connectivity index (χ2v) is 5.39. The number of pyridine rings is 1. The third-order valence-electron chi connectivity index (χ3n) is 3.07. The monoisotopic (exact) mass is 328 g/mol. The molecule has 0 aliphatic heterocycles. The summed E-state index contributed by atoms with van der Waals surface area (Å²) >= 11 is 3.43. The first-order valence-electron chi connectivity index (χ1n) is 6.19. The zero-order chi connectivity index (χ0) is 13.9. The van der Waals surface area contributed by atoms with Crippen LogP contribution in [-0.2, 0) is 6.54 Å². The fourth-order valence-corrected chi connectivity index (χ4v) is 2.46. The van der Waals surface area contributed by atoms with Crippen LogP contribution < -0.4 is 5.73 Å². The first kappa shape index (κ1) is 12.9. The van der Waals surface area contributed by atoms with Crippen LogP contribution in [0.1, 0.15) is 5.56 Å². The minimum absolute atomic E-state index is 0.689. The molecule has 0 aliphatic rings. The summed E-state index contributed by atoms with van der Waals surface area (Å²) in [5.41, 5.74) is 8.84. The number of hydrogen-bond acceptors (Lipinski definition) is 3. The summed E-state index contributed by atoms with van der Waals surface area (Å²) in [6.07, 6.45) is 7.29. The second kappa shape index (κ2) is 5.46. The molecule has 0 aliphatic carbocycles. The molecule has 3 aromatic rings. The van der Waals surface area contributed by atoms with E-state index in [9.17, 15) is 0 Å². The van der Waals surface area contributed by atoms with Crippen molar-refractivity contribution < 1.29 is 0 Å². The molecule has 2 N–H and O–H groups in total. The van der Waals surface area contributed by atoms with Gasteiger partial charge >= 0.3 is 0 Å². The molecule has 100 valence electrons. The molecule has 0 atom stereocenters. The zero-order valence-corrected chi connectivity index (χ0v) is 12.3. The lowest BCUT2D eigenvalue weighted by atomic mass is 10.2. The predicted octanol–water partition coefficient (Wildman–Crippen LogP) is 3.34. The molecule has 2 heterocycles. The maximum atomic E-state index is 6.00. The zero-order valence-electron chi connectivity index (χ0n) is 10.7. The standard InChI is InChI=1S/C15H13BrN4/c16-13-7-12(8-18-9-13)15-19-5-6-20(15)10-11-3-1-2-4-14(11)17/h1-9H,10,17H2. The molecular formula is C15H13BrN4. The van der Waals surface area contributed by atoms with Gasteiger partial charge in [0.25, 0.3) is 0 Å². The van der Waals surface area contributed by atoms with E-state index in [1.54, 1.807) is 18.6 Å². The van der Waals surface area contributed by atoms with Crippen molar-refractivity contribution in [3.8, 4) is 11.4 Å². The van der Waals surface area contributed by atoms with Crippen LogP contribution in [0.25, 0.3) is 11.4 Å². The molecule has 2 aromatic heterocycles. The van der Waals surface area contributed by atoms with Gasteiger partial charge in [0.1, 0.15) is 5.82 Å². The molecule has 0 unspecified atom stereocenters. The van der Waals surface area contributed by atoms with Crippen LogP contribution >= 0.6 is 15.9 Å². The summed E-state index contributed by atoms with van der Waals surface area (Å²) < 4.78 is 3.00. The largest absolute Gasteiger partial charge is 0.398 e. The molecular weight excluding hydrogens is 316 g/mol. The number of aromatic nitrogens is 3. The third-order valence-corrected chi connectivity index (χ3v) is 3.51. The number of nitrogen functional groups attached to an aromatic ring is 1. The summed E-state index contributed by atoms with van der Waals surface area (Å²) in [5, 5.41) is 0. The molecule has 0 saturated carbocycles. The Hall–Kier alpha value is -2.14. The van der Waals surface area contributed by atoms with Crippen molar-refractivity contribution in [2.75, 3.05) is 5.73 Å². The van der Waals surface area contributed by atoms with Crippen LogP contribution in [0.3, 0.4) is 0 Å². The van der Waals surface area contributed by atoms with Gasteiger partial charge in [0.15, 0.2) is 0 Å². The lowest BCUT2D eigenvalue weighted by molar-refractivity contribution is 0.808. The SMILES string of the molecule is Nc1ccccc1Cn1ccnc1-c1cncc(Br)c1. The predicted molar refractivity (Wildman–Crippen MR) is 83.1 cm³/mol. The van der Waals surface area contributed by atoms with Gasteiger partial charge in [-0.2, -0.15) is 0 Å². The van der Waals surface area contributed by atoms with E-state index in [0.717, 1.165) is 27.1 Å². The van der Waals surface area contributed by atoms with E-state index < -0.39 is 0 Å². The molecule has 3 rings (SSSR count). The molecule has 4 nitrogen and oxygen atoms in total. The van der Waals surface area contributed by atoms with Gasteiger partial charge in [-0.3, -0.25) is 4.98 Å². The highest BCUT2D eigenvalue weighted by atomic mass is 79.9. The van der Waals surface area contributed by atoms with Crippen LogP contribution in [0.4, 0.5) is 5.69 Å². The van der Waals surface area contributed by atoms with E-state index in [4.69, 9.17) is 5.73 Å². The third kappa shape index (κ3) is 2.58. The fraction of sp³-hybridized carbons (Fsp3) is 0.0667. The molecule has 0 saturated heterocycles. The fourth-order valence-electron chi connectivity index (χ4n) is 2.09. The number of nitrogens with two attached hydrogens (primary N) is 1. The van der Waals surface area contributed by atoms with Crippen LogP contribution in [0.5, 0.6) is 0 Å². The van der Waals surface area contributed by atoms with E-state index in [-0.39, 0.29) is 0 Å². The summed E-state index contributed by atoms with van der Waals surface area (Å²) in [6.45, 7) is 0.689. The molecule has 0 amide bonds. The summed E-state index contributed by atoms with van der Waals surface area (Å²) in [7, 11) is 0. The first-order valence-corrected chi connectivity index (χ1v) is 6.99. The van der Waals surface area contributed by atoms with Crippen molar-refractivity contribution in [1.82, 2.24) is 14.5 Å². The minimum Gasteiger partial charge on any atom is -0.398 e.